The second-order valence-corrected chi connectivity index (χ2v) is 9.70. The van der Waals surface area contributed by atoms with Crippen molar-refractivity contribution in [3.05, 3.63) is 50.2 Å². The van der Waals surface area contributed by atoms with Crippen molar-refractivity contribution in [2.45, 2.75) is 31.2 Å². The van der Waals surface area contributed by atoms with E-state index in [1.54, 1.807) is 20.8 Å². The third-order valence-electron chi connectivity index (χ3n) is 3.04. The Balaban J connectivity index is 2.33. The molecule has 2 N–H and O–H groups in total. The molecule has 0 fully saturated rings. The van der Waals surface area contributed by atoms with Crippen LogP contribution in [-0.4, -0.2) is 24.8 Å². The summed E-state index contributed by atoms with van der Waals surface area (Å²) >= 11 is 23.6. The van der Waals surface area contributed by atoms with Gasteiger partial charge in [-0.2, -0.15) is 0 Å². The second kappa shape index (κ2) is 8.11. The van der Waals surface area contributed by atoms with Gasteiger partial charge in [0.15, 0.2) is 0 Å². The molecule has 0 radical (unpaired) electrons. The van der Waals surface area contributed by atoms with E-state index in [0.29, 0.717) is 0 Å². The summed E-state index contributed by atoms with van der Waals surface area (Å²) in [6, 6.07) is 5.72. The molecule has 0 saturated carbocycles. The highest BCUT2D eigenvalue weighted by Gasteiger charge is 2.23. The summed E-state index contributed by atoms with van der Waals surface area (Å²) < 4.78 is 27.4. The highest BCUT2D eigenvalue weighted by Crippen LogP contribution is 2.36. The Morgan fingerprint density at radius 2 is 1.67 bits per heavy atom. The van der Waals surface area contributed by atoms with Crippen LogP contribution in [0.1, 0.15) is 31.3 Å². The molecule has 6 nitrogen and oxygen atoms in total. The number of hydrogen-bond donors (Lipinski definition) is 2. The van der Waals surface area contributed by atoms with E-state index in [4.69, 9.17) is 46.4 Å². The molecule has 1 amide bonds. The number of aromatic nitrogens is 1. The van der Waals surface area contributed by atoms with Gasteiger partial charge in [-0.1, -0.05) is 52.5 Å². The maximum absolute atomic E-state index is 12.5. The van der Waals surface area contributed by atoms with Gasteiger partial charge < -0.3 is 5.32 Å². The van der Waals surface area contributed by atoms with Crippen molar-refractivity contribution in [2.24, 2.45) is 0 Å². The van der Waals surface area contributed by atoms with Gasteiger partial charge in [0.1, 0.15) is 10.8 Å². The quantitative estimate of drug-likeness (QED) is 0.613. The minimum absolute atomic E-state index is 0.0125. The van der Waals surface area contributed by atoms with Gasteiger partial charge in [0.2, 0.25) is 10.0 Å². The maximum atomic E-state index is 12.5. The van der Waals surface area contributed by atoms with E-state index in [0.717, 1.165) is 0 Å². The minimum Gasteiger partial charge on any atom is -0.321 e. The molecule has 146 valence electrons. The van der Waals surface area contributed by atoms with Gasteiger partial charge in [0, 0.05) is 11.2 Å². The summed E-state index contributed by atoms with van der Waals surface area (Å²) in [5.41, 5.74) is -0.680. The molecule has 0 spiro atoms. The number of hydrogen-bond acceptors (Lipinski definition) is 4. The lowest BCUT2D eigenvalue weighted by atomic mass is 10.1. The van der Waals surface area contributed by atoms with E-state index >= 15 is 0 Å². The van der Waals surface area contributed by atoms with Crippen molar-refractivity contribution in [3.8, 4) is 0 Å². The number of pyridine rings is 1. The van der Waals surface area contributed by atoms with Crippen LogP contribution in [0.5, 0.6) is 0 Å². The van der Waals surface area contributed by atoms with Crippen LogP contribution in [0.2, 0.25) is 20.2 Å². The van der Waals surface area contributed by atoms with Gasteiger partial charge in [-0.05, 0) is 39.0 Å². The number of amides is 1. The molecule has 0 saturated heterocycles. The predicted molar refractivity (Wildman–Crippen MR) is 109 cm³/mol. The maximum Gasteiger partial charge on any atom is 0.275 e. The first kappa shape index (κ1) is 22.2. The van der Waals surface area contributed by atoms with E-state index in [-0.39, 0.29) is 36.5 Å². The molecule has 2 aromatic rings. The number of halogens is 4. The molecule has 1 aromatic carbocycles. The fraction of sp³-hybridized carbons (Fsp3) is 0.250. The van der Waals surface area contributed by atoms with Crippen molar-refractivity contribution >= 4 is 68.0 Å². The van der Waals surface area contributed by atoms with E-state index in [1.165, 1.54) is 24.3 Å². The van der Waals surface area contributed by atoms with Gasteiger partial charge in [-0.25, -0.2) is 18.1 Å². The van der Waals surface area contributed by atoms with Crippen LogP contribution in [-0.2, 0) is 10.0 Å². The lowest BCUT2D eigenvalue weighted by Gasteiger charge is -2.20. The van der Waals surface area contributed by atoms with Gasteiger partial charge >= 0.3 is 0 Å². The molecule has 1 aromatic heterocycles. The van der Waals surface area contributed by atoms with Crippen LogP contribution < -0.4 is 10.0 Å². The molecule has 0 atom stereocenters. The normalized spacial score (nSPS) is 12.1. The van der Waals surface area contributed by atoms with E-state index in [2.05, 4.69) is 15.0 Å². The van der Waals surface area contributed by atoms with Crippen LogP contribution >= 0.6 is 46.4 Å². The van der Waals surface area contributed by atoms with Gasteiger partial charge in [0.05, 0.1) is 20.0 Å². The number of rotatable bonds is 4. The molecule has 0 unspecified atom stereocenters. The molecule has 0 aliphatic heterocycles. The first-order chi connectivity index (χ1) is 12.3. The largest absolute Gasteiger partial charge is 0.321 e. The fourth-order valence-electron chi connectivity index (χ4n) is 2.03. The smallest absolute Gasteiger partial charge is 0.275 e. The Morgan fingerprint density at radius 3 is 2.26 bits per heavy atom. The van der Waals surface area contributed by atoms with Crippen molar-refractivity contribution in [1.82, 2.24) is 9.71 Å². The van der Waals surface area contributed by atoms with E-state index in [1.807, 2.05) is 0 Å². The highest BCUT2D eigenvalue weighted by atomic mass is 35.5. The SMILES string of the molecule is CC(C)(C)NS(=O)(=O)c1cccc(NC(=O)c2nc(Cl)c(Cl)c(Cl)c2Cl)c1. The summed E-state index contributed by atoms with van der Waals surface area (Å²) in [7, 11) is -3.77. The van der Waals surface area contributed by atoms with Gasteiger partial charge in [-0.15, -0.1) is 0 Å². The lowest BCUT2D eigenvalue weighted by molar-refractivity contribution is 0.102. The summed E-state index contributed by atoms with van der Waals surface area (Å²) in [5, 5.41) is 2.00. The first-order valence-corrected chi connectivity index (χ1v) is 10.5. The number of nitrogens with one attached hydrogen (secondary N) is 2. The van der Waals surface area contributed by atoms with Crippen molar-refractivity contribution in [1.29, 1.82) is 0 Å². The average Bonchev–Trinajstić information content (AvgIpc) is 2.54. The fourth-order valence-corrected chi connectivity index (χ4v) is 4.31. The molecular formula is C16H15Cl4N3O3S. The number of nitrogens with zero attached hydrogens (tertiary/aromatic N) is 1. The Bertz CT molecular complexity index is 1000. The zero-order valence-electron chi connectivity index (χ0n) is 14.4. The van der Waals surface area contributed by atoms with Crippen molar-refractivity contribution in [2.75, 3.05) is 5.32 Å². The van der Waals surface area contributed by atoms with Crippen LogP contribution in [0.25, 0.3) is 0 Å². The third kappa shape index (κ3) is 5.47. The second-order valence-electron chi connectivity index (χ2n) is 6.53. The molecule has 2 rings (SSSR count). The number of carbonyl (C=O) groups excluding carboxylic acids is 1. The van der Waals surface area contributed by atoms with Crippen molar-refractivity contribution < 1.29 is 13.2 Å². The number of carbonyl (C=O) groups is 1. The average molecular weight is 471 g/mol. The monoisotopic (exact) mass is 469 g/mol. The Hall–Kier alpha value is -1.09. The number of anilines is 1. The molecule has 0 aliphatic carbocycles. The van der Waals surface area contributed by atoms with Crippen LogP contribution in [0.3, 0.4) is 0 Å². The summed E-state index contributed by atoms with van der Waals surface area (Å²) in [6.07, 6.45) is 0. The van der Waals surface area contributed by atoms with Crippen molar-refractivity contribution in [3.63, 3.8) is 0 Å². The van der Waals surface area contributed by atoms with Crippen LogP contribution in [0.4, 0.5) is 5.69 Å². The standard InChI is InChI=1S/C16H15Cl4N3O3S/c1-16(2,3)23-27(25,26)9-6-4-5-8(7-9)21-15(24)13-11(18)10(17)12(19)14(20)22-13/h4-7,23H,1-3H3,(H,21,24). The molecule has 11 heteroatoms. The highest BCUT2D eigenvalue weighted by molar-refractivity contribution is 7.89. The topological polar surface area (TPSA) is 88.2 Å². The van der Waals surface area contributed by atoms with E-state index in [9.17, 15) is 13.2 Å². The molecule has 1 heterocycles. The lowest BCUT2D eigenvalue weighted by Crippen LogP contribution is -2.40. The Morgan fingerprint density at radius 1 is 1.04 bits per heavy atom. The zero-order chi connectivity index (χ0) is 20.6. The molecular weight excluding hydrogens is 456 g/mol. The zero-order valence-corrected chi connectivity index (χ0v) is 18.2. The van der Waals surface area contributed by atoms with Gasteiger partial charge in [0.25, 0.3) is 5.91 Å². The Kier molecular flexibility index (Phi) is 6.67. The number of sulfonamides is 1. The minimum atomic E-state index is -3.77. The number of benzene rings is 1. The summed E-state index contributed by atoms with van der Waals surface area (Å²) in [4.78, 5) is 16.3. The first-order valence-electron chi connectivity index (χ1n) is 7.47. The molecule has 0 bridgehead atoms. The Labute approximate surface area is 177 Å². The molecule has 27 heavy (non-hydrogen) atoms. The van der Waals surface area contributed by atoms with Gasteiger partial charge in [-0.3, -0.25) is 4.79 Å². The molecule has 0 aliphatic rings. The summed E-state index contributed by atoms with van der Waals surface area (Å²) in [5.74, 6) is -0.723. The predicted octanol–water partition coefficient (Wildman–Crippen LogP) is 5.02. The van der Waals surface area contributed by atoms with E-state index < -0.39 is 21.5 Å². The van der Waals surface area contributed by atoms with Crippen LogP contribution in [0, 0.1) is 0 Å². The van der Waals surface area contributed by atoms with Crippen LogP contribution in [0.15, 0.2) is 29.2 Å². The third-order valence-corrected chi connectivity index (χ3v) is 6.48. The summed E-state index contributed by atoms with van der Waals surface area (Å²) in [6.45, 7) is 5.16.